The third-order valence-corrected chi connectivity index (χ3v) is 11.5. The van der Waals surface area contributed by atoms with Gasteiger partial charge in [0.2, 0.25) is 0 Å². The number of aliphatic imine (C=N–C) groups is 2. The molecule has 0 fully saturated rings. The second kappa shape index (κ2) is 12.9. The highest BCUT2D eigenvalue weighted by molar-refractivity contribution is 6.22. The SMILES string of the molecule is c1ccc(-c2ccc3ccc(C4N=C(c5ccc6ccccc6c5)N=C(c5cccc6oc7cc(-c8ccc9oc%10ccccc%10c9c8)ccc7c56)N4)cc3c2)cc1. The number of hydrogen-bond donors (Lipinski definition) is 1. The second-order valence-corrected chi connectivity index (χ2v) is 15.0. The third kappa shape index (κ3) is 5.40. The van der Waals surface area contributed by atoms with Crippen LogP contribution in [0.5, 0.6) is 0 Å². The van der Waals surface area contributed by atoms with Gasteiger partial charge in [-0.1, -0.05) is 133 Å². The van der Waals surface area contributed by atoms with E-state index in [1.165, 1.54) is 21.9 Å². The lowest BCUT2D eigenvalue weighted by atomic mass is 9.98. The van der Waals surface area contributed by atoms with Gasteiger partial charge in [0.1, 0.15) is 34.3 Å². The minimum absolute atomic E-state index is 0.382. The molecule has 1 unspecified atom stereocenters. The van der Waals surface area contributed by atoms with E-state index in [0.717, 1.165) is 88.3 Å². The zero-order valence-corrected chi connectivity index (χ0v) is 31.2. The minimum Gasteiger partial charge on any atom is -0.456 e. The van der Waals surface area contributed by atoms with Crippen molar-refractivity contribution in [3.63, 3.8) is 0 Å². The molecule has 0 saturated carbocycles. The van der Waals surface area contributed by atoms with Crippen LogP contribution in [0.25, 0.3) is 87.7 Å². The molecule has 0 bridgehead atoms. The third-order valence-electron chi connectivity index (χ3n) is 11.5. The summed E-state index contributed by atoms with van der Waals surface area (Å²) in [7, 11) is 0. The van der Waals surface area contributed by atoms with Gasteiger partial charge >= 0.3 is 0 Å². The molecule has 0 amide bonds. The Bertz CT molecular complexity index is 3500. The molecule has 0 aliphatic carbocycles. The van der Waals surface area contributed by atoms with Gasteiger partial charge in [-0.05, 0) is 104 Å². The first-order valence-electron chi connectivity index (χ1n) is 19.6. The van der Waals surface area contributed by atoms with Crippen LogP contribution in [0.3, 0.4) is 0 Å². The van der Waals surface area contributed by atoms with E-state index in [-0.39, 0.29) is 6.17 Å². The second-order valence-electron chi connectivity index (χ2n) is 15.0. The fraction of sp³-hybridized carbons (Fsp3) is 0.0189. The largest absolute Gasteiger partial charge is 0.456 e. The maximum absolute atomic E-state index is 6.62. The summed E-state index contributed by atoms with van der Waals surface area (Å²) in [5.41, 5.74) is 10.9. The lowest BCUT2D eigenvalue weighted by Crippen LogP contribution is -2.33. The number of para-hydroxylation sites is 1. The van der Waals surface area contributed by atoms with E-state index in [0.29, 0.717) is 5.84 Å². The van der Waals surface area contributed by atoms with E-state index in [1.54, 1.807) is 0 Å². The average Bonchev–Trinajstić information content (AvgIpc) is 3.86. The Morgan fingerprint density at radius 1 is 0.397 bits per heavy atom. The number of amidine groups is 2. The molecule has 1 aliphatic rings. The van der Waals surface area contributed by atoms with Crippen LogP contribution in [0.4, 0.5) is 0 Å². The first-order valence-corrected chi connectivity index (χ1v) is 19.6. The van der Waals surface area contributed by atoms with Crippen LogP contribution >= 0.6 is 0 Å². The van der Waals surface area contributed by atoms with Crippen molar-refractivity contribution >= 4 is 77.1 Å². The zero-order valence-electron chi connectivity index (χ0n) is 31.2. The monoisotopic (exact) mass is 743 g/mol. The van der Waals surface area contributed by atoms with Crippen molar-refractivity contribution < 1.29 is 8.83 Å². The molecule has 1 atom stereocenters. The smallest absolute Gasteiger partial charge is 0.159 e. The molecule has 58 heavy (non-hydrogen) atoms. The van der Waals surface area contributed by atoms with E-state index in [2.05, 4.69) is 169 Å². The molecule has 0 spiro atoms. The molecule has 5 heteroatoms. The lowest BCUT2D eigenvalue weighted by molar-refractivity contribution is 0.668. The molecule has 11 aromatic rings. The topological polar surface area (TPSA) is 63.0 Å². The number of fused-ring (bicyclic) bond motifs is 8. The van der Waals surface area contributed by atoms with Crippen LogP contribution in [0.1, 0.15) is 22.9 Å². The van der Waals surface area contributed by atoms with E-state index in [4.69, 9.17) is 18.8 Å². The number of hydrogen-bond acceptors (Lipinski definition) is 5. The van der Waals surface area contributed by atoms with E-state index >= 15 is 0 Å². The van der Waals surface area contributed by atoms with Crippen LogP contribution < -0.4 is 5.32 Å². The van der Waals surface area contributed by atoms with Crippen LogP contribution in [-0.4, -0.2) is 11.7 Å². The van der Waals surface area contributed by atoms with Gasteiger partial charge in [0, 0.05) is 32.7 Å². The predicted octanol–water partition coefficient (Wildman–Crippen LogP) is 13.6. The minimum atomic E-state index is -0.382. The standard InChI is InChI=1S/C53H33N3O2/c1-2-9-32(10-3-1)36-20-17-34-19-22-40(29-41(34)28-36)52-54-51(39-21-18-33-11-4-5-12-35(33)27-39)55-53(56-52)44-14-8-16-48-50(44)43-25-23-38(31-49(43)58-48)37-24-26-47-45(30-37)42-13-6-7-15-46(42)57-47/h1-31,52H,(H,54,55,56). The maximum Gasteiger partial charge on any atom is 0.159 e. The Kier molecular flexibility index (Phi) is 7.23. The first-order chi connectivity index (χ1) is 28.7. The average molecular weight is 744 g/mol. The Hall–Kier alpha value is -7.76. The number of rotatable bonds is 5. The highest BCUT2D eigenvalue weighted by atomic mass is 16.3. The van der Waals surface area contributed by atoms with E-state index < -0.39 is 0 Å². The van der Waals surface area contributed by atoms with Gasteiger partial charge < -0.3 is 14.2 Å². The summed E-state index contributed by atoms with van der Waals surface area (Å²) in [6, 6.07) is 65.9. The van der Waals surface area contributed by atoms with Crippen LogP contribution in [0, 0.1) is 0 Å². The number of benzene rings is 9. The van der Waals surface area contributed by atoms with Gasteiger partial charge in [-0.2, -0.15) is 0 Å². The molecule has 9 aromatic carbocycles. The van der Waals surface area contributed by atoms with Crippen molar-refractivity contribution in [1.82, 2.24) is 5.32 Å². The molecule has 272 valence electrons. The van der Waals surface area contributed by atoms with Crippen molar-refractivity contribution in [2.45, 2.75) is 6.17 Å². The normalized spacial score (nSPS) is 14.4. The molecule has 2 aromatic heterocycles. The summed E-state index contributed by atoms with van der Waals surface area (Å²) < 4.78 is 12.7. The number of nitrogens with zero attached hydrogens (tertiary/aromatic N) is 2. The van der Waals surface area contributed by atoms with Crippen LogP contribution in [0.15, 0.2) is 207 Å². The first kappa shape index (κ1) is 32.5. The molecule has 5 nitrogen and oxygen atoms in total. The molecule has 1 N–H and O–H groups in total. The van der Waals surface area contributed by atoms with E-state index in [9.17, 15) is 0 Å². The van der Waals surface area contributed by atoms with Crippen molar-refractivity contribution in [2.24, 2.45) is 9.98 Å². The summed E-state index contributed by atoms with van der Waals surface area (Å²) in [5, 5.41) is 12.7. The Morgan fingerprint density at radius 3 is 2.00 bits per heavy atom. The molecule has 0 saturated heterocycles. The van der Waals surface area contributed by atoms with Crippen LogP contribution in [-0.2, 0) is 0 Å². The fourth-order valence-corrected chi connectivity index (χ4v) is 8.57. The van der Waals surface area contributed by atoms with Crippen molar-refractivity contribution in [3.8, 4) is 22.3 Å². The van der Waals surface area contributed by atoms with Gasteiger partial charge in [-0.25, -0.2) is 9.98 Å². The summed E-state index contributed by atoms with van der Waals surface area (Å²) in [6.07, 6.45) is -0.382. The van der Waals surface area contributed by atoms with Gasteiger partial charge in [-0.3, -0.25) is 0 Å². The van der Waals surface area contributed by atoms with Gasteiger partial charge in [0.15, 0.2) is 5.84 Å². The highest BCUT2D eigenvalue weighted by Crippen LogP contribution is 2.38. The fourth-order valence-electron chi connectivity index (χ4n) is 8.57. The van der Waals surface area contributed by atoms with Crippen LogP contribution in [0.2, 0.25) is 0 Å². The Balaban J connectivity index is 0.980. The van der Waals surface area contributed by atoms with Crippen molar-refractivity contribution in [1.29, 1.82) is 0 Å². The number of furan rings is 2. The molecular weight excluding hydrogens is 711 g/mol. The number of nitrogens with one attached hydrogen (secondary N) is 1. The molecule has 1 aliphatic heterocycles. The lowest BCUT2D eigenvalue weighted by Gasteiger charge is -2.24. The van der Waals surface area contributed by atoms with E-state index in [1.807, 2.05) is 24.3 Å². The van der Waals surface area contributed by atoms with Crippen molar-refractivity contribution in [3.05, 3.63) is 205 Å². The summed E-state index contributed by atoms with van der Waals surface area (Å²) >= 11 is 0. The predicted molar refractivity (Wildman–Crippen MR) is 239 cm³/mol. The summed E-state index contributed by atoms with van der Waals surface area (Å²) in [6.45, 7) is 0. The highest BCUT2D eigenvalue weighted by Gasteiger charge is 2.24. The Morgan fingerprint density at radius 2 is 1.07 bits per heavy atom. The molecule has 12 rings (SSSR count). The molecular formula is C53H33N3O2. The quantitative estimate of drug-likeness (QED) is 0.191. The van der Waals surface area contributed by atoms with Gasteiger partial charge in [0.25, 0.3) is 0 Å². The Labute approximate surface area is 333 Å². The maximum atomic E-state index is 6.62. The molecule has 0 radical (unpaired) electrons. The van der Waals surface area contributed by atoms with Gasteiger partial charge in [-0.15, -0.1) is 0 Å². The van der Waals surface area contributed by atoms with Crippen molar-refractivity contribution in [2.75, 3.05) is 0 Å². The summed E-state index contributed by atoms with van der Waals surface area (Å²) in [4.78, 5) is 10.6. The summed E-state index contributed by atoms with van der Waals surface area (Å²) in [5.74, 6) is 1.42. The molecule has 3 heterocycles. The zero-order chi connectivity index (χ0) is 38.2. The van der Waals surface area contributed by atoms with Gasteiger partial charge in [0.05, 0.1) is 0 Å².